The van der Waals surface area contributed by atoms with E-state index in [0.717, 1.165) is 16.7 Å². The van der Waals surface area contributed by atoms with Gasteiger partial charge in [0.05, 0.1) is 34.4 Å². The first kappa shape index (κ1) is 17.8. The molecular weight excluding hydrogens is 358 g/mol. The van der Waals surface area contributed by atoms with Gasteiger partial charge in [0.2, 0.25) is 0 Å². The molecule has 0 aliphatic carbocycles. The van der Waals surface area contributed by atoms with Gasteiger partial charge in [-0.1, -0.05) is 6.07 Å². The maximum Gasteiger partial charge on any atom is 0.293 e. The molecule has 1 aliphatic heterocycles. The van der Waals surface area contributed by atoms with E-state index in [0.29, 0.717) is 17.0 Å². The third-order valence-corrected chi connectivity index (χ3v) is 4.53. The Labute approximate surface area is 152 Å². The Bertz CT molecular complexity index is 911. The second-order valence-corrected chi connectivity index (χ2v) is 6.30. The normalized spacial score (nSPS) is 15.7. The van der Waals surface area contributed by atoms with E-state index in [1.54, 1.807) is 30.3 Å². The predicted molar refractivity (Wildman–Crippen MR) is 96.1 cm³/mol. The van der Waals surface area contributed by atoms with Crippen molar-refractivity contribution >= 4 is 34.7 Å². The SMILES string of the molecule is O=C1S/C(=C\c2cccc(-c3ccc([N+](=O)[O-])cc3)n2)C(=O)N1CCO. The molecule has 1 fully saturated rings. The summed E-state index contributed by atoms with van der Waals surface area (Å²) >= 11 is 0.796. The Morgan fingerprint density at radius 2 is 1.92 bits per heavy atom. The minimum Gasteiger partial charge on any atom is -0.395 e. The van der Waals surface area contributed by atoms with Gasteiger partial charge < -0.3 is 5.11 Å². The summed E-state index contributed by atoms with van der Waals surface area (Å²) in [4.78, 5) is 39.9. The molecule has 1 aromatic heterocycles. The van der Waals surface area contributed by atoms with E-state index in [1.807, 2.05) is 0 Å². The van der Waals surface area contributed by atoms with E-state index in [4.69, 9.17) is 5.11 Å². The van der Waals surface area contributed by atoms with E-state index in [9.17, 15) is 19.7 Å². The van der Waals surface area contributed by atoms with Gasteiger partial charge >= 0.3 is 0 Å². The van der Waals surface area contributed by atoms with E-state index in [2.05, 4.69) is 4.98 Å². The second kappa shape index (κ2) is 7.46. The number of thioether (sulfide) groups is 1. The lowest BCUT2D eigenvalue weighted by Crippen LogP contribution is -2.30. The van der Waals surface area contributed by atoms with Crippen molar-refractivity contribution in [1.82, 2.24) is 9.88 Å². The van der Waals surface area contributed by atoms with Crippen molar-refractivity contribution in [2.75, 3.05) is 13.2 Å². The van der Waals surface area contributed by atoms with Crippen molar-refractivity contribution in [2.45, 2.75) is 0 Å². The van der Waals surface area contributed by atoms with Gasteiger partial charge in [-0.15, -0.1) is 0 Å². The molecule has 0 radical (unpaired) electrons. The molecule has 1 N–H and O–H groups in total. The first-order valence-corrected chi connectivity index (χ1v) is 8.39. The zero-order chi connectivity index (χ0) is 18.7. The van der Waals surface area contributed by atoms with Crippen LogP contribution in [0.2, 0.25) is 0 Å². The van der Waals surface area contributed by atoms with Crippen LogP contribution in [0.4, 0.5) is 10.5 Å². The van der Waals surface area contributed by atoms with Crippen LogP contribution in [0.1, 0.15) is 5.69 Å². The lowest BCUT2D eigenvalue weighted by molar-refractivity contribution is -0.384. The molecule has 3 rings (SSSR count). The average Bonchev–Trinajstić information content (AvgIpc) is 2.90. The van der Waals surface area contributed by atoms with Gasteiger partial charge in [-0.3, -0.25) is 24.6 Å². The average molecular weight is 371 g/mol. The second-order valence-electron chi connectivity index (χ2n) is 5.31. The number of aliphatic hydroxyl groups excluding tert-OH is 1. The maximum absolute atomic E-state index is 12.2. The van der Waals surface area contributed by atoms with E-state index in [1.165, 1.54) is 18.2 Å². The molecule has 0 saturated carbocycles. The van der Waals surface area contributed by atoms with Crippen LogP contribution < -0.4 is 0 Å². The molecule has 0 spiro atoms. The van der Waals surface area contributed by atoms with Crippen molar-refractivity contribution in [1.29, 1.82) is 0 Å². The summed E-state index contributed by atoms with van der Waals surface area (Å²) in [5, 5.41) is 19.2. The number of imide groups is 1. The molecule has 2 aromatic rings. The van der Waals surface area contributed by atoms with Crippen LogP contribution in [0, 0.1) is 10.1 Å². The molecule has 2 heterocycles. The number of nitro benzene ring substituents is 1. The van der Waals surface area contributed by atoms with Crippen LogP contribution in [-0.4, -0.2) is 44.2 Å². The summed E-state index contributed by atoms with van der Waals surface area (Å²) < 4.78 is 0. The van der Waals surface area contributed by atoms with Crippen LogP contribution in [-0.2, 0) is 4.79 Å². The highest BCUT2D eigenvalue weighted by Gasteiger charge is 2.34. The maximum atomic E-state index is 12.2. The van der Waals surface area contributed by atoms with Gasteiger partial charge in [-0.25, -0.2) is 4.98 Å². The molecule has 9 heteroatoms. The summed E-state index contributed by atoms with van der Waals surface area (Å²) in [6.45, 7) is -0.336. The molecule has 0 unspecified atom stereocenters. The van der Waals surface area contributed by atoms with Gasteiger partial charge in [-0.2, -0.15) is 0 Å². The number of hydrogen-bond donors (Lipinski definition) is 1. The first-order valence-electron chi connectivity index (χ1n) is 7.57. The van der Waals surface area contributed by atoms with E-state index < -0.39 is 16.1 Å². The van der Waals surface area contributed by atoms with Gasteiger partial charge in [0.15, 0.2) is 0 Å². The van der Waals surface area contributed by atoms with Crippen LogP contribution >= 0.6 is 11.8 Å². The van der Waals surface area contributed by atoms with Crippen molar-refractivity contribution in [3.05, 3.63) is 63.2 Å². The Morgan fingerprint density at radius 3 is 2.58 bits per heavy atom. The molecule has 0 bridgehead atoms. The van der Waals surface area contributed by atoms with Gasteiger partial charge in [0.1, 0.15) is 0 Å². The van der Waals surface area contributed by atoms with E-state index >= 15 is 0 Å². The Kier molecular flexibility index (Phi) is 5.10. The van der Waals surface area contributed by atoms with Crippen molar-refractivity contribution in [3.63, 3.8) is 0 Å². The topological polar surface area (TPSA) is 114 Å². The lowest BCUT2D eigenvalue weighted by atomic mass is 10.1. The number of hydrogen-bond acceptors (Lipinski definition) is 7. The fourth-order valence-corrected chi connectivity index (χ4v) is 3.22. The third-order valence-electron chi connectivity index (χ3n) is 3.62. The molecule has 26 heavy (non-hydrogen) atoms. The Balaban J connectivity index is 1.87. The fourth-order valence-electron chi connectivity index (χ4n) is 2.37. The highest BCUT2D eigenvalue weighted by molar-refractivity contribution is 8.18. The number of β-amino-alcohol motifs (C(OH)–C–C–N with tert-alkyl or cyclic N) is 1. The van der Waals surface area contributed by atoms with E-state index in [-0.39, 0.29) is 23.7 Å². The smallest absolute Gasteiger partial charge is 0.293 e. The Hall–Kier alpha value is -3.04. The zero-order valence-corrected chi connectivity index (χ0v) is 14.2. The fraction of sp³-hybridized carbons (Fsp3) is 0.118. The number of benzene rings is 1. The van der Waals surface area contributed by atoms with Crippen LogP contribution in [0.3, 0.4) is 0 Å². The third kappa shape index (κ3) is 3.63. The monoisotopic (exact) mass is 371 g/mol. The highest BCUT2D eigenvalue weighted by Crippen LogP contribution is 2.32. The summed E-state index contributed by atoms with van der Waals surface area (Å²) in [5.74, 6) is -0.461. The van der Waals surface area contributed by atoms with Crippen molar-refractivity contribution in [2.24, 2.45) is 0 Å². The number of aliphatic hydroxyl groups is 1. The van der Waals surface area contributed by atoms with Gasteiger partial charge in [0, 0.05) is 17.7 Å². The predicted octanol–water partition coefficient (Wildman–Crippen LogP) is 2.69. The molecule has 1 aliphatic rings. The number of non-ortho nitro benzene ring substituents is 1. The number of rotatable bonds is 5. The molecule has 0 atom stereocenters. The van der Waals surface area contributed by atoms with Crippen molar-refractivity contribution in [3.8, 4) is 11.3 Å². The summed E-state index contributed by atoms with van der Waals surface area (Å²) in [6, 6.07) is 11.2. The number of carbonyl (C=O) groups excluding carboxylic acids is 2. The summed E-state index contributed by atoms with van der Waals surface area (Å²) in [7, 11) is 0. The standard InChI is InChI=1S/C17H13N3O5S/c21-9-8-19-16(22)15(26-17(19)23)10-12-2-1-3-14(18-12)11-4-6-13(7-5-11)20(24)25/h1-7,10,21H,8-9H2/b15-10-. The van der Waals surface area contributed by atoms with Crippen LogP contribution in [0.25, 0.3) is 17.3 Å². The highest BCUT2D eigenvalue weighted by atomic mass is 32.2. The number of pyridine rings is 1. The molecular formula is C17H13N3O5S. The number of nitrogens with zero attached hydrogens (tertiary/aromatic N) is 3. The minimum absolute atomic E-state index is 0.0116. The Morgan fingerprint density at radius 1 is 1.19 bits per heavy atom. The zero-order valence-electron chi connectivity index (χ0n) is 13.4. The van der Waals surface area contributed by atoms with Crippen LogP contribution in [0.5, 0.6) is 0 Å². The van der Waals surface area contributed by atoms with Gasteiger partial charge in [-0.05, 0) is 42.1 Å². The summed E-state index contributed by atoms with van der Waals surface area (Å²) in [6.07, 6.45) is 1.51. The first-order chi connectivity index (χ1) is 12.5. The number of carbonyl (C=O) groups is 2. The summed E-state index contributed by atoms with van der Waals surface area (Å²) in [5.41, 5.74) is 1.75. The molecule has 1 aromatic carbocycles. The molecule has 132 valence electrons. The molecule has 1 saturated heterocycles. The molecule has 8 nitrogen and oxygen atoms in total. The number of aromatic nitrogens is 1. The minimum atomic E-state index is -0.476. The van der Waals surface area contributed by atoms with Crippen molar-refractivity contribution < 1.29 is 19.6 Å². The quantitative estimate of drug-likeness (QED) is 0.488. The van der Waals surface area contributed by atoms with Crippen LogP contribution in [0.15, 0.2) is 47.4 Å². The molecule has 2 amide bonds. The lowest BCUT2D eigenvalue weighted by Gasteiger charge is -2.09. The van der Waals surface area contributed by atoms with Gasteiger partial charge in [0.25, 0.3) is 16.8 Å². The largest absolute Gasteiger partial charge is 0.395 e. The number of amides is 2. The number of nitro groups is 1.